The molecule has 1 saturated heterocycles. The lowest BCUT2D eigenvalue weighted by Gasteiger charge is -2.07. The summed E-state index contributed by atoms with van der Waals surface area (Å²) < 4.78 is 0.966. The highest BCUT2D eigenvalue weighted by Crippen LogP contribution is 2.22. The van der Waals surface area contributed by atoms with Gasteiger partial charge in [0.2, 0.25) is 11.8 Å². The lowest BCUT2D eigenvalue weighted by Crippen LogP contribution is -2.27. The Bertz CT molecular complexity index is 829. The van der Waals surface area contributed by atoms with Crippen molar-refractivity contribution in [3.8, 4) is 5.88 Å². The summed E-state index contributed by atoms with van der Waals surface area (Å²) in [7, 11) is 0. The smallest absolute Gasteiger partial charge is 0.258 e. The number of nitrogens with one attached hydrogen (secondary N) is 2. The fraction of sp³-hybridized carbons (Fsp3) is 0.267. The van der Waals surface area contributed by atoms with Crippen LogP contribution in [-0.4, -0.2) is 34.8 Å². The van der Waals surface area contributed by atoms with Gasteiger partial charge in [0.05, 0.1) is 12.1 Å². The number of amides is 1. The Morgan fingerprint density at radius 2 is 2.18 bits per heavy atom. The minimum absolute atomic E-state index is 0.0417. The van der Waals surface area contributed by atoms with Crippen molar-refractivity contribution in [2.75, 3.05) is 6.54 Å². The Balaban J connectivity index is 1.94. The number of pyridine rings is 1. The maximum atomic E-state index is 11.9. The molecule has 1 atom stereocenters. The maximum absolute atomic E-state index is 11.9. The number of aromatic hydroxyl groups is 1. The standard InChI is InChI=1S/C15H14IN3O3/c16-8-1-3-10-11(5-8)12(15(22)19-14(10)21)7-17-6-9-2-4-13(20)18-9/h1,3,5,7,9H,2,4,6H2,(H,18,20)(H2,19,21,22)/t9-/m0/s1. The van der Waals surface area contributed by atoms with E-state index in [1.165, 1.54) is 0 Å². The molecule has 3 N–H and O–H groups in total. The van der Waals surface area contributed by atoms with E-state index in [1.807, 2.05) is 12.1 Å². The van der Waals surface area contributed by atoms with Gasteiger partial charge < -0.3 is 10.4 Å². The second kappa shape index (κ2) is 6.07. The van der Waals surface area contributed by atoms with Crippen LogP contribution in [-0.2, 0) is 4.79 Å². The molecule has 0 radical (unpaired) electrons. The number of carbonyl (C=O) groups excluding carboxylic acids is 1. The van der Waals surface area contributed by atoms with Gasteiger partial charge in [0.25, 0.3) is 5.56 Å². The normalized spacial score (nSPS) is 18.2. The first kappa shape index (κ1) is 15.0. The van der Waals surface area contributed by atoms with Crippen molar-refractivity contribution in [1.29, 1.82) is 0 Å². The van der Waals surface area contributed by atoms with Gasteiger partial charge in [-0.05, 0) is 47.2 Å². The molecule has 3 rings (SSSR count). The second-order valence-corrected chi connectivity index (χ2v) is 6.45. The number of aromatic amines is 1. The van der Waals surface area contributed by atoms with Crippen LogP contribution in [0.2, 0.25) is 0 Å². The van der Waals surface area contributed by atoms with Gasteiger partial charge in [-0.2, -0.15) is 0 Å². The molecule has 1 amide bonds. The monoisotopic (exact) mass is 411 g/mol. The van der Waals surface area contributed by atoms with E-state index in [1.54, 1.807) is 12.3 Å². The van der Waals surface area contributed by atoms with Crippen LogP contribution in [0.3, 0.4) is 0 Å². The van der Waals surface area contributed by atoms with E-state index in [0.29, 0.717) is 29.3 Å². The van der Waals surface area contributed by atoms with Gasteiger partial charge in [-0.25, -0.2) is 0 Å². The number of halogens is 1. The molecule has 1 aromatic heterocycles. The van der Waals surface area contributed by atoms with E-state index in [2.05, 4.69) is 37.9 Å². The summed E-state index contributed by atoms with van der Waals surface area (Å²) in [6, 6.07) is 5.44. The average Bonchev–Trinajstić information content (AvgIpc) is 2.87. The number of aromatic nitrogens is 1. The van der Waals surface area contributed by atoms with E-state index in [0.717, 1.165) is 9.99 Å². The van der Waals surface area contributed by atoms with Crippen LogP contribution >= 0.6 is 22.6 Å². The summed E-state index contributed by atoms with van der Waals surface area (Å²) in [6.45, 7) is 0.454. The molecule has 0 saturated carbocycles. The van der Waals surface area contributed by atoms with Crippen molar-refractivity contribution in [2.24, 2.45) is 4.99 Å². The Kier molecular flexibility index (Phi) is 4.14. The van der Waals surface area contributed by atoms with E-state index in [4.69, 9.17) is 0 Å². The van der Waals surface area contributed by atoms with E-state index >= 15 is 0 Å². The van der Waals surface area contributed by atoms with Crippen molar-refractivity contribution in [1.82, 2.24) is 10.3 Å². The molecule has 22 heavy (non-hydrogen) atoms. The first-order valence-electron chi connectivity index (χ1n) is 6.88. The molecule has 1 aliphatic rings. The minimum atomic E-state index is -0.330. The Hall–Kier alpha value is -1.90. The molecule has 114 valence electrons. The van der Waals surface area contributed by atoms with E-state index < -0.39 is 0 Å². The zero-order valence-corrected chi connectivity index (χ0v) is 13.8. The maximum Gasteiger partial charge on any atom is 0.258 e. The third-order valence-corrected chi connectivity index (χ3v) is 4.31. The van der Waals surface area contributed by atoms with Crippen molar-refractivity contribution in [3.63, 3.8) is 0 Å². The number of benzene rings is 1. The molecule has 0 bridgehead atoms. The molecule has 1 aliphatic heterocycles. The number of nitrogens with zero attached hydrogens (tertiary/aromatic N) is 1. The average molecular weight is 411 g/mol. The molecular formula is C15H14IN3O3. The van der Waals surface area contributed by atoms with E-state index in [-0.39, 0.29) is 23.4 Å². The quantitative estimate of drug-likeness (QED) is 0.528. The van der Waals surface area contributed by atoms with Gasteiger partial charge >= 0.3 is 0 Å². The predicted molar refractivity (Wildman–Crippen MR) is 92.6 cm³/mol. The lowest BCUT2D eigenvalue weighted by atomic mass is 10.1. The molecule has 0 unspecified atom stereocenters. The highest BCUT2D eigenvalue weighted by Gasteiger charge is 2.19. The first-order valence-corrected chi connectivity index (χ1v) is 7.96. The lowest BCUT2D eigenvalue weighted by molar-refractivity contribution is -0.119. The molecule has 7 heteroatoms. The van der Waals surface area contributed by atoms with Crippen LogP contribution in [0.25, 0.3) is 10.8 Å². The topological polar surface area (TPSA) is 94.5 Å². The number of hydrogen-bond acceptors (Lipinski definition) is 4. The van der Waals surface area contributed by atoms with E-state index in [9.17, 15) is 14.7 Å². The van der Waals surface area contributed by atoms with Crippen molar-refractivity contribution in [2.45, 2.75) is 18.9 Å². The number of rotatable bonds is 3. The third-order valence-electron chi connectivity index (χ3n) is 3.63. The Morgan fingerprint density at radius 3 is 2.91 bits per heavy atom. The van der Waals surface area contributed by atoms with Crippen molar-refractivity contribution in [3.05, 3.63) is 37.7 Å². The first-order chi connectivity index (χ1) is 10.5. The molecule has 1 fully saturated rings. The SMILES string of the molecule is O=C1CC[C@@H](CN=Cc2c(O)[nH]c(=O)c3ccc(I)cc23)N1. The molecule has 0 aliphatic carbocycles. The highest BCUT2D eigenvalue weighted by atomic mass is 127. The molecule has 1 aromatic carbocycles. The van der Waals surface area contributed by atoms with Gasteiger partial charge in [0.1, 0.15) is 0 Å². The summed E-state index contributed by atoms with van der Waals surface area (Å²) in [6.07, 6.45) is 2.85. The highest BCUT2D eigenvalue weighted by molar-refractivity contribution is 14.1. The van der Waals surface area contributed by atoms with Gasteiger partial charge in [-0.15, -0.1) is 0 Å². The summed E-state index contributed by atoms with van der Waals surface area (Å²) >= 11 is 2.15. The van der Waals surface area contributed by atoms with Crippen molar-refractivity contribution >= 4 is 45.5 Å². The Morgan fingerprint density at radius 1 is 1.36 bits per heavy atom. The van der Waals surface area contributed by atoms with Crippen LogP contribution in [0.1, 0.15) is 18.4 Å². The summed E-state index contributed by atoms with van der Waals surface area (Å²) in [5.74, 6) is -0.147. The fourth-order valence-electron chi connectivity index (χ4n) is 2.52. The third kappa shape index (κ3) is 2.99. The fourth-order valence-corrected chi connectivity index (χ4v) is 3.01. The summed E-state index contributed by atoms with van der Waals surface area (Å²) in [4.78, 5) is 29.7. The van der Waals surface area contributed by atoms with Crippen LogP contribution in [0.5, 0.6) is 5.88 Å². The van der Waals surface area contributed by atoms with Crippen LogP contribution in [0.4, 0.5) is 0 Å². The number of H-pyrrole nitrogens is 1. The Labute approximate surface area is 139 Å². The molecule has 0 spiro atoms. The second-order valence-electron chi connectivity index (χ2n) is 5.20. The summed E-state index contributed by atoms with van der Waals surface area (Å²) in [5.41, 5.74) is 0.154. The predicted octanol–water partition coefficient (Wildman–Crippen LogP) is 1.54. The zero-order valence-electron chi connectivity index (χ0n) is 11.6. The van der Waals surface area contributed by atoms with Gasteiger partial charge in [0.15, 0.2) is 0 Å². The molecular weight excluding hydrogens is 397 g/mol. The van der Waals surface area contributed by atoms with Crippen LogP contribution in [0, 0.1) is 3.57 Å². The number of aliphatic imine (C=N–C) groups is 1. The van der Waals surface area contributed by atoms with Crippen LogP contribution < -0.4 is 10.9 Å². The molecule has 2 heterocycles. The number of hydrogen-bond donors (Lipinski definition) is 3. The van der Waals surface area contributed by atoms with Gasteiger partial charge in [0, 0.05) is 33.0 Å². The molecule has 2 aromatic rings. The van der Waals surface area contributed by atoms with Gasteiger partial charge in [-0.3, -0.25) is 19.6 Å². The largest absolute Gasteiger partial charge is 0.494 e. The summed E-state index contributed by atoms with van der Waals surface area (Å²) in [5, 5.41) is 14.0. The number of fused-ring (bicyclic) bond motifs is 1. The van der Waals surface area contributed by atoms with Crippen LogP contribution in [0.15, 0.2) is 28.0 Å². The van der Waals surface area contributed by atoms with Gasteiger partial charge in [-0.1, -0.05) is 0 Å². The number of carbonyl (C=O) groups is 1. The minimum Gasteiger partial charge on any atom is -0.494 e. The molecule has 6 nitrogen and oxygen atoms in total. The van der Waals surface area contributed by atoms with Crippen molar-refractivity contribution < 1.29 is 9.90 Å². The zero-order chi connectivity index (χ0) is 15.7.